The molecule has 0 aliphatic carbocycles. The molecule has 1 heterocycles. The van der Waals surface area contributed by atoms with Crippen LogP contribution in [0.2, 0.25) is 5.02 Å². The van der Waals surface area contributed by atoms with Crippen molar-refractivity contribution in [3.63, 3.8) is 0 Å². The summed E-state index contributed by atoms with van der Waals surface area (Å²) >= 11 is 5.96. The zero-order valence-corrected chi connectivity index (χ0v) is 12.7. The predicted octanol–water partition coefficient (Wildman–Crippen LogP) is 2.42. The molecule has 0 saturated carbocycles. The Labute approximate surface area is 127 Å². The molecule has 1 unspecified atom stereocenters. The van der Waals surface area contributed by atoms with Gasteiger partial charge in [-0.25, -0.2) is 4.68 Å². The lowest BCUT2D eigenvalue weighted by Gasteiger charge is -2.22. The van der Waals surface area contributed by atoms with Crippen molar-refractivity contribution < 1.29 is 9.90 Å². The smallest absolute Gasteiger partial charge is 0.311 e. The molecule has 7 heteroatoms. The first-order chi connectivity index (χ1) is 9.94. The number of carbonyl (C=O) groups is 1. The Morgan fingerprint density at radius 1 is 1.48 bits per heavy atom. The molecule has 1 atom stereocenters. The molecule has 1 N–H and O–H groups in total. The number of hydrogen-bond acceptors (Lipinski definition) is 4. The fourth-order valence-electron chi connectivity index (χ4n) is 1.96. The van der Waals surface area contributed by atoms with Crippen LogP contribution in [-0.2, 0) is 17.8 Å². The molecule has 0 bridgehead atoms. The molecular formula is C14H17ClN4O2. The minimum Gasteiger partial charge on any atom is -0.481 e. The highest BCUT2D eigenvalue weighted by Crippen LogP contribution is 2.24. The van der Waals surface area contributed by atoms with Gasteiger partial charge >= 0.3 is 5.97 Å². The normalized spacial score (nSPS) is 13.9. The monoisotopic (exact) mass is 308 g/mol. The quantitative estimate of drug-likeness (QED) is 0.886. The number of carboxylic acids is 1. The first-order valence-electron chi connectivity index (χ1n) is 6.67. The highest BCUT2D eigenvalue weighted by molar-refractivity contribution is 6.30. The number of benzene rings is 1. The van der Waals surface area contributed by atoms with Crippen LogP contribution in [0, 0.1) is 5.41 Å². The van der Waals surface area contributed by atoms with Gasteiger partial charge in [0, 0.05) is 11.4 Å². The third kappa shape index (κ3) is 3.58. The van der Waals surface area contributed by atoms with Gasteiger partial charge in [0.15, 0.2) is 5.82 Å². The summed E-state index contributed by atoms with van der Waals surface area (Å²) in [5.74, 6) is -0.229. The minimum atomic E-state index is -0.890. The Morgan fingerprint density at radius 2 is 2.24 bits per heavy atom. The Balaban J connectivity index is 2.21. The molecule has 0 fully saturated rings. The zero-order chi connectivity index (χ0) is 15.5. The lowest BCUT2D eigenvalue weighted by atomic mass is 9.88. The topological polar surface area (TPSA) is 80.9 Å². The highest BCUT2D eigenvalue weighted by atomic mass is 35.5. The number of nitrogens with zero attached hydrogens (tertiary/aromatic N) is 4. The molecular weight excluding hydrogens is 292 g/mol. The number of aliphatic carboxylic acids is 1. The summed E-state index contributed by atoms with van der Waals surface area (Å²) in [6, 6.07) is 7.43. The Hall–Kier alpha value is -1.95. The van der Waals surface area contributed by atoms with Crippen molar-refractivity contribution in [1.82, 2.24) is 20.2 Å². The third-order valence-electron chi connectivity index (χ3n) is 3.65. The van der Waals surface area contributed by atoms with Gasteiger partial charge in [-0.3, -0.25) is 4.79 Å². The van der Waals surface area contributed by atoms with Crippen LogP contribution >= 0.6 is 11.6 Å². The average Bonchev–Trinajstić information content (AvgIpc) is 2.85. The van der Waals surface area contributed by atoms with Gasteiger partial charge in [-0.05, 0) is 41.5 Å². The van der Waals surface area contributed by atoms with E-state index in [9.17, 15) is 9.90 Å². The highest BCUT2D eigenvalue weighted by Gasteiger charge is 2.33. The lowest BCUT2D eigenvalue weighted by Crippen LogP contribution is -2.33. The van der Waals surface area contributed by atoms with Crippen molar-refractivity contribution in [3.8, 4) is 0 Å². The largest absolute Gasteiger partial charge is 0.481 e. The van der Waals surface area contributed by atoms with Crippen LogP contribution in [0.1, 0.15) is 31.7 Å². The summed E-state index contributed by atoms with van der Waals surface area (Å²) in [4.78, 5) is 11.4. The van der Waals surface area contributed by atoms with Gasteiger partial charge in [0.25, 0.3) is 0 Å². The molecule has 0 amide bonds. The van der Waals surface area contributed by atoms with Crippen LogP contribution < -0.4 is 0 Å². The summed E-state index contributed by atoms with van der Waals surface area (Å²) < 4.78 is 1.55. The van der Waals surface area contributed by atoms with Crippen LogP contribution in [0.15, 0.2) is 24.3 Å². The third-order valence-corrected chi connectivity index (χ3v) is 3.89. The summed E-state index contributed by atoms with van der Waals surface area (Å²) in [6.07, 6.45) is 1.01. The van der Waals surface area contributed by atoms with Crippen molar-refractivity contribution in [2.45, 2.75) is 33.2 Å². The Morgan fingerprint density at radius 3 is 2.86 bits per heavy atom. The number of halogens is 1. The van der Waals surface area contributed by atoms with Gasteiger partial charge in [-0.15, -0.1) is 5.10 Å². The molecule has 0 aliphatic heterocycles. The maximum atomic E-state index is 11.4. The van der Waals surface area contributed by atoms with E-state index in [1.165, 1.54) is 0 Å². The molecule has 0 aliphatic rings. The Bertz CT molecular complexity index is 643. The van der Waals surface area contributed by atoms with E-state index in [4.69, 9.17) is 11.6 Å². The summed E-state index contributed by atoms with van der Waals surface area (Å²) in [7, 11) is 0. The number of carboxylic acid groups (broad SMARTS) is 1. The van der Waals surface area contributed by atoms with Gasteiger partial charge in [0.1, 0.15) is 0 Å². The van der Waals surface area contributed by atoms with E-state index in [1.54, 1.807) is 17.7 Å². The van der Waals surface area contributed by atoms with Crippen LogP contribution in [0.5, 0.6) is 0 Å². The second-order valence-corrected chi connectivity index (χ2v) is 5.72. The number of rotatable bonds is 6. The van der Waals surface area contributed by atoms with Crippen LogP contribution in [0.4, 0.5) is 0 Å². The lowest BCUT2D eigenvalue weighted by molar-refractivity contribution is -0.149. The second kappa shape index (κ2) is 6.22. The molecule has 2 aromatic rings. The van der Waals surface area contributed by atoms with E-state index in [0.717, 1.165) is 5.56 Å². The van der Waals surface area contributed by atoms with Crippen molar-refractivity contribution in [3.05, 3.63) is 40.7 Å². The predicted molar refractivity (Wildman–Crippen MR) is 78.1 cm³/mol. The molecule has 0 spiro atoms. The molecule has 112 valence electrons. The maximum absolute atomic E-state index is 11.4. The van der Waals surface area contributed by atoms with Gasteiger partial charge in [0.2, 0.25) is 0 Å². The fourth-order valence-corrected chi connectivity index (χ4v) is 2.18. The van der Waals surface area contributed by atoms with E-state index in [0.29, 0.717) is 23.7 Å². The molecule has 0 radical (unpaired) electrons. The first-order valence-corrected chi connectivity index (χ1v) is 7.05. The van der Waals surface area contributed by atoms with Crippen molar-refractivity contribution in [2.75, 3.05) is 0 Å². The van der Waals surface area contributed by atoms with Crippen molar-refractivity contribution >= 4 is 17.6 Å². The number of tetrazole rings is 1. The van der Waals surface area contributed by atoms with Gasteiger partial charge in [0.05, 0.1) is 12.0 Å². The molecule has 2 rings (SSSR count). The fraction of sp³-hybridized carbons (Fsp3) is 0.429. The van der Waals surface area contributed by atoms with E-state index >= 15 is 0 Å². The number of hydrogen-bond donors (Lipinski definition) is 1. The molecule has 1 aromatic heterocycles. The summed E-state index contributed by atoms with van der Waals surface area (Å²) in [6.45, 7) is 3.77. The molecule has 0 saturated heterocycles. The van der Waals surface area contributed by atoms with Gasteiger partial charge < -0.3 is 5.11 Å². The van der Waals surface area contributed by atoms with E-state index in [2.05, 4.69) is 15.5 Å². The van der Waals surface area contributed by atoms with Crippen molar-refractivity contribution in [2.24, 2.45) is 5.41 Å². The van der Waals surface area contributed by atoms with Crippen LogP contribution in [-0.4, -0.2) is 31.3 Å². The van der Waals surface area contributed by atoms with Crippen LogP contribution in [0.25, 0.3) is 0 Å². The van der Waals surface area contributed by atoms with E-state index in [-0.39, 0.29) is 6.54 Å². The SMILES string of the molecule is CCC(C)(Cn1nnnc1Cc1cccc(Cl)c1)C(=O)O. The van der Waals surface area contributed by atoms with E-state index < -0.39 is 11.4 Å². The summed E-state index contributed by atoms with van der Waals surface area (Å²) in [5, 5.41) is 21.5. The molecule has 1 aromatic carbocycles. The standard InChI is InChI=1S/C14H17ClN4O2/c1-3-14(2,13(20)21)9-19-12(16-17-18-19)8-10-5-4-6-11(15)7-10/h4-7H,3,8-9H2,1-2H3,(H,20,21). The second-order valence-electron chi connectivity index (χ2n) is 5.28. The molecule has 6 nitrogen and oxygen atoms in total. The van der Waals surface area contributed by atoms with Gasteiger partial charge in [-0.1, -0.05) is 30.7 Å². The minimum absolute atomic E-state index is 0.238. The average molecular weight is 309 g/mol. The Kier molecular flexibility index (Phi) is 4.57. The number of aromatic nitrogens is 4. The zero-order valence-electron chi connectivity index (χ0n) is 12.0. The summed E-state index contributed by atoms with van der Waals surface area (Å²) in [5.41, 5.74) is 0.0884. The van der Waals surface area contributed by atoms with E-state index in [1.807, 2.05) is 25.1 Å². The van der Waals surface area contributed by atoms with Crippen molar-refractivity contribution in [1.29, 1.82) is 0 Å². The molecule has 21 heavy (non-hydrogen) atoms. The van der Waals surface area contributed by atoms with Gasteiger partial charge in [-0.2, -0.15) is 0 Å². The maximum Gasteiger partial charge on any atom is 0.311 e. The first kappa shape index (κ1) is 15.4. The van der Waals surface area contributed by atoms with Crippen LogP contribution in [0.3, 0.4) is 0 Å².